The molecule has 2 fully saturated rings. The zero-order valence-electron chi connectivity index (χ0n) is 29.9. The number of hydrogen-bond donors (Lipinski definition) is 0. The van der Waals surface area contributed by atoms with Crippen LogP contribution < -0.4 is 9.80 Å². The van der Waals surface area contributed by atoms with Gasteiger partial charge in [0.05, 0.1) is 41.4 Å². The lowest BCUT2D eigenvalue weighted by Gasteiger charge is -2.34. The largest absolute Gasteiger partial charge is 0.416 e. The average molecular weight is 796 g/mol. The molecule has 1 aromatic heterocycles. The van der Waals surface area contributed by atoms with Crippen molar-refractivity contribution in [1.29, 1.82) is 0 Å². The first-order valence-electron chi connectivity index (χ1n) is 17.8. The molecule has 2 amide bonds. The standard InChI is InChI=1S/C37H34F9N7O3/c1-19-12-28-29(4-3-9-50(17-21-5-6-21)31(28)20(2)30(19)37(44,45)46)52(18-22-13-23(35(38,39)40)15-24(14-22)36(41,42)43)34-47-49-53(48-34)11-10-51-32(55)26-8-7-25(54)16-27(26)33(51)56/h8,12-16,21,29H,3-7,9-11,17-18H2,1-2H3/t29-/m0/s1. The van der Waals surface area contributed by atoms with Crippen LogP contribution in [0.5, 0.6) is 0 Å². The van der Waals surface area contributed by atoms with Crippen molar-refractivity contribution in [1.82, 2.24) is 25.1 Å². The van der Waals surface area contributed by atoms with E-state index in [1.807, 2.05) is 4.90 Å². The summed E-state index contributed by atoms with van der Waals surface area (Å²) < 4.78 is 127. The summed E-state index contributed by atoms with van der Waals surface area (Å²) in [5.74, 6) is -1.72. The van der Waals surface area contributed by atoms with E-state index in [1.165, 1.54) is 30.9 Å². The first-order valence-corrected chi connectivity index (χ1v) is 17.8. The van der Waals surface area contributed by atoms with Crippen molar-refractivity contribution < 1.29 is 53.9 Å². The van der Waals surface area contributed by atoms with Crippen molar-refractivity contribution in [2.45, 2.75) is 83.6 Å². The van der Waals surface area contributed by atoms with Gasteiger partial charge < -0.3 is 9.80 Å². The van der Waals surface area contributed by atoms with Crippen LogP contribution in [0.3, 0.4) is 0 Å². The Labute approximate surface area is 313 Å². The minimum Gasteiger partial charge on any atom is -0.371 e. The summed E-state index contributed by atoms with van der Waals surface area (Å²) in [7, 11) is 0. The number of rotatable bonds is 9. The molecule has 1 saturated heterocycles. The van der Waals surface area contributed by atoms with Crippen LogP contribution >= 0.6 is 0 Å². The molecule has 4 aliphatic rings. The van der Waals surface area contributed by atoms with Gasteiger partial charge in [-0.15, -0.1) is 5.10 Å². The maximum atomic E-state index is 14.5. The van der Waals surface area contributed by atoms with E-state index in [1.54, 1.807) is 0 Å². The maximum Gasteiger partial charge on any atom is 0.416 e. The number of nitrogens with zero attached hydrogens (tertiary/aromatic N) is 7. The van der Waals surface area contributed by atoms with Crippen molar-refractivity contribution in [3.05, 3.63) is 86.5 Å². The second-order valence-electron chi connectivity index (χ2n) is 14.5. The van der Waals surface area contributed by atoms with Crippen molar-refractivity contribution in [3.8, 4) is 0 Å². The van der Waals surface area contributed by atoms with E-state index >= 15 is 0 Å². The molecule has 2 aliphatic carbocycles. The van der Waals surface area contributed by atoms with Crippen LogP contribution in [-0.2, 0) is 46.0 Å². The summed E-state index contributed by atoms with van der Waals surface area (Å²) in [5.41, 5.74) is -3.84. The second-order valence-corrected chi connectivity index (χ2v) is 14.5. The third kappa shape index (κ3) is 7.63. The van der Waals surface area contributed by atoms with Gasteiger partial charge in [0.1, 0.15) is 0 Å². The number of hydrogen-bond acceptors (Lipinski definition) is 8. The maximum absolute atomic E-state index is 14.5. The molecule has 1 atom stereocenters. The molecule has 10 nitrogen and oxygen atoms in total. The number of amides is 2. The zero-order chi connectivity index (χ0) is 40.5. The van der Waals surface area contributed by atoms with E-state index < -0.39 is 65.2 Å². The van der Waals surface area contributed by atoms with Gasteiger partial charge in [-0.3, -0.25) is 19.3 Å². The van der Waals surface area contributed by atoms with Gasteiger partial charge in [-0.05, 0) is 97.2 Å². The fourth-order valence-electron chi connectivity index (χ4n) is 7.81. The predicted octanol–water partition coefficient (Wildman–Crippen LogP) is 7.30. The molecule has 0 bridgehead atoms. The molecule has 298 valence electrons. The normalized spacial score (nSPS) is 19.2. The average Bonchev–Trinajstić information content (AvgIpc) is 3.78. The van der Waals surface area contributed by atoms with Gasteiger partial charge in [-0.1, -0.05) is 17.2 Å². The zero-order valence-corrected chi connectivity index (χ0v) is 29.9. The highest BCUT2D eigenvalue weighted by molar-refractivity contribution is 6.27. The number of halogens is 9. The van der Waals surface area contributed by atoms with Crippen molar-refractivity contribution >= 4 is 29.2 Å². The number of aromatic nitrogens is 4. The van der Waals surface area contributed by atoms with Gasteiger partial charge in [-0.2, -0.15) is 44.3 Å². The Morgan fingerprint density at radius 2 is 1.48 bits per heavy atom. The summed E-state index contributed by atoms with van der Waals surface area (Å²) >= 11 is 0. The van der Waals surface area contributed by atoms with Gasteiger partial charge in [0, 0.05) is 37.3 Å². The Bertz CT molecular complexity index is 2130. The molecule has 7 rings (SSSR count). The van der Waals surface area contributed by atoms with E-state index in [0.29, 0.717) is 37.2 Å². The van der Waals surface area contributed by atoms with Crippen molar-refractivity contribution in [3.63, 3.8) is 0 Å². The predicted molar refractivity (Wildman–Crippen MR) is 181 cm³/mol. The van der Waals surface area contributed by atoms with Crippen LogP contribution in [0.1, 0.15) is 77.1 Å². The highest BCUT2D eigenvalue weighted by Crippen LogP contribution is 2.48. The molecule has 2 aliphatic heterocycles. The lowest BCUT2D eigenvalue weighted by molar-refractivity contribution is -0.143. The summed E-state index contributed by atoms with van der Waals surface area (Å²) in [6, 6.07) is 1.57. The lowest BCUT2D eigenvalue weighted by atomic mass is 9.90. The molecule has 0 N–H and O–H groups in total. The van der Waals surface area contributed by atoms with Gasteiger partial charge in [0.2, 0.25) is 0 Å². The highest BCUT2D eigenvalue weighted by atomic mass is 19.4. The molecule has 0 unspecified atom stereocenters. The third-order valence-electron chi connectivity index (χ3n) is 10.5. The Morgan fingerprint density at radius 3 is 2.11 bits per heavy atom. The lowest BCUT2D eigenvalue weighted by Crippen LogP contribution is -2.33. The van der Waals surface area contributed by atoms with E-state index in [4.69, 9.17) is 0 Å². The fraction of sp³-hybridized carbons (Fsp3) is 0.459. The van der Waals surface area contributed by atoms with Gasteiger partial charge >= 0.3 is 18.5 Å². The van der Waals surface area contributed by atoms with Gasteiger partial charge in [0.25, 0.3) is 17.8 Å². The highest BCUT2D eigenvalue weighted by Gasteiger charge is 2.43. The van der Waals surface area contributed by atoms with E-state index in [2.05, 4.69) is 15.4 Å². The molecule has 0 radical (unpaired) electrons. The number of ketones is 1. The molecule has 1 saturated carbocycles. The Morgan fingerprint density at radius 1 is 0.821 bits per heavy atom. The summed E-state index contributed by atoms with van der Waals surface area (Å²) in [4.78, 5) is 42.9. The minimum atomic E-state index is -5.15. The number of anilines is 2. The van der Waals surface area contributed by atoms with Gasteiger partial charge in [-0.25, -0.2) is 0 Å². The molecule has 56 heavy (non-hydrogen) atoms. The Balaban J connectivity index is 1.31. The van der Waals surface area contributed by atoms with Gasteiger partial charge in [0.15, 0.2) is 5.78 Å². The van der Waals surface area contributed by atoms with Crippen molar-refractivity contribution in [2.24, 2.45) is 5.92 Å². The van der Waals surface area contributed by atoms with Crippen LogP contribution in [0.15, 0.2) is 47.6 Å². The number of carbonyl (C=O) groups is 3. The van der Waals surface area contributed by atoms with E-state index in [9.17, 15) is 53.9 Å². The molecule has 3 heterocycles. The quantitative estimate of drug-likeness (QED) is 0.164. The van der Waals surface area contributed by atoms with Crippen LogP contribution in [0, 0.1) is 19.8 Å². The number of carbonyl (C=O) groups excluding carboxylic acids is 3. The summed E-state index contributed by atoms with van der Waals surface area (Å²) in [6.45, 7) is 2.31. The molecule has 3 aromatic rings. The number of alkyl halides is 9. The fourth-order valence-corrected chi connectivity index (χ4v) is 7.81. The van der Waals surface area contributed by atoms with E-state index in [-0.39, 0.29) is 77.6 Å². The monoisotopic (exact) mass is 795 g/mol. The van der Waals surface area contributed by atoms with Crippen LogP contribution in [0.4, 0.5) is 51.1 Å². The molecule has 0 spiro atoms. The minimum absolute atomic E-state index is 0.00350. The number of fused-ring (bicyclic) bond motifs is 2. The SMILES string of the molecule is Cc1cc2c(c(C)c1C(F)(F)F)N(CC1CC1)CCC[C@@H]2N(Cc1cc(C(F)(F)F)cc(C(F)(F)F)c1)c1nnn(CCN2C(=O)C3=CCC(=O)C=C3C2=O)n1. The molecular weight excluding hydrogens is 761 g/mol. The van der Waals surface area contributed by atoms with Crippen molar-refractivity contribution in [2.75, 3.05) is 29.4 Å². The molecule has 2 aromatic carbocycles. The smallest absolute Gasteiger partial charge is 0.371 e. The van der Waals surface area contributed by atoms with Crippen LogP contribution in [-0.4, -0.2) is 62.3 Å². The Kier molecular flexibility index (Phi) is 9.79. The first kappa shape index (κ1) is 39.0. The van der Waals surface area contributed by atoms with Crippen LogP contribution in [0.25, 0.3) is 0 Å². The Hall–Kier alpha value is -5.23. The number of allylic oxidation sites excluding steroid dienone is 2. The number of aryl methyl sites for hydroxylation is 1. The topological polar surface area (TPSA) is 105 Å². The first-order chi connectivity index (χ1) is 26.2. The number of likely N-dealkylation sites (tertiary alicyclic amines) is 1. The molecule has 19 heteroatoms. The molecular formula is C37H34F9N7O3. The number of tetrazole rings is 1. The third-order valence-corrected chi connectivity index (χ3v) is 10.5. The summed E-state index contributed by atoms with van der Waals surface area (Å²) in [5, 5.41) is 12.5. The van der Waals surface area contributed by atoms with Crippen LogP contribution in [0.2, 0.25) is 0 Å². The summed E-state index contributed by atoms with van der Waals surface area (Å²) in [6.07, 6.45) is -10.2. The number of imide groups is 1. The number of benzene rings is 2. The van der Waals surface area contributed by atoms with E-state index in [0.717, 1.165) is 28.6 Å². The second kappa shape index (κ2) is 14.1.